The molecule has 20 heavy (non-hydrogen) atoms. The topological polar surface area (TPSA) is 75.6 Å². The van der Waals surface area contributed by atoms with E-state index in [0.29, 0.717) is 6.61 Å². The molecule has 114 valence electrons. The van der Waals surface area contributed by atoms with Crippen LogP contribution in [0.5, 0.6) is 0 Å². The molecule has 0 spiro atoms. The summed E-state index contributed by atoms with van der Waals surface area (Å²) in [4.78, 5) is 22.9. The number of nitrogens with one attached hydrogen (secondary N) is 1. The van der Waals surface area contributed by atoms with Crippen LogP contribution in [0.25, 0.3) is 0 Å². The van der Waals surface area contributed by atoms with Crippen LogP contribution in [-0.4, -0.2) is 29.8 Å². The molecule has 0 heterocycles. The van der Waals surface area contributed by atoms with Crippen LogP contribution in [0.1, 0.15) is 51.4 Å². The highest BCUT2D eigenvalue weighted by atomic mass is 16.5. The highest BCUT2D eigenvalue weighted by Crippen LogP contribution is 2.26. The van der Waals surface area contributed by atoms with Crippen LogP contribution in [-0.2, 0) is 9.53 Å². The van der Waals surface area contributed by atoms with Gasteiger partial charge < -0.3 is 15.2 Å². The van der Waals surface area contributed by atoms with Crippen LogP contribution in [0.15, 0.2) is 12.7 Å². The van der Waals surface area contributed by atoms with Crippen molar-refractivity contribution in [1.82, 2.24) is 5.32 Å². The molecule has 0 unspecified atom stereocenters. The van der Waals surface area contributed by atoms with Gasteiger partial charge in [0, 0.05) is 0 Å². The zero-order valence-electron chi connectivity index (χ0n) is 12.0. The number of amides is 1. The first kappa shape index (κ1) is 16.5. The van der Waals surface area contributed by atoms with Gasteiger partial charge in [-0.15, -0.1) is 6.58 Å². The summed E-state index contributed by atoms with van der Waals surface area (Å²) in [6.45, 7) is 3.93. The normalized spacial score (nSPS) is 17.2. The molecule has 2 N–H and O–H groups in total. The summed E-state index contributed by atoms with van der Waals surface area (Å²) < 4.78 is 5.01. The van der Waals surface area contributed by atoms with Gasteiger partial charge in [-0.05, 0) is 38.0 Å². The average molecular weight is 283 g/mol. The fourth-order valence-electron chi connectivity index (χ4n) is 2.57. The molecule has 0 aromatic carbocycles. The minimum atomic E-state index is -0.972. The molecule has 1 atom stereocenters. The van der Waals surface area contributed by atoms with E-state index in [9.17, 15) is 14.7 Å². The summed E-state index contributed by atoms with van der Waals surface area (Å²) >= 11 is 0. The third kappa shape index (κ3) is 6.08. The maximum Gasteiger partial charge on any atom is 0.407 e. The van der Waals surface area contributed by atoms with E-state index in [0.717, 1.165) is 51.4 Å². The molecule has 0 radical (unpaired) electrons. The van der Waals surface area contributed by atoms with E-state index in [4.69, 9.17) is 4.74 Å². The van der Waals surface area contributed by atoms with Crippen LogP contribution < -0.4 is 5.32 Å². The maximum absolute atomic E-state index is 11.6. The number of ether oxygens (including phenoxy) is 1. The summed E-state index contributed by atoms with van der Waals surface area (Å²) in [5.74, 6) is -0.949. The molecular formula is C15H25NO4. The largest absolute Gasteiger partial charge is 0.480 e. The predicted octanol–water partition coefficient (Wildman–Crippen LogP) is 3.10. The van der Waals surface area contributed by atoms with Gasteiger partial charge in [0.15, 0.2) is 0 Å². The lowest BCUT2D eigenvalue weighted by Crippen LogP contribution is -2.46. The predicted molar refractivity (Wildman–Crippen MR) is 76.5 cm³/mol. The quantitative estimate of drug-likeness (QED) is 0.530. The van der Waals surface area contributed by atoms with Gasteiger partial charge in [-0.1, -0.05) is 25.3 Å². The van der Waals surface area contributed by atoms with Crippen molar-refractivity contribution >= 4 is 12.1 Å². The van der Waals surface area contributed by atoms with Crippen LogP contribution in [0, 0.1) is 5.92 Å². The van der Waals surface area contributed by atoms with Crippen molar-refractivity contribution in [2.24, 2.45) is 5.92 Å². The number of unbranched alkanes of at least 4 members (excludes halogenated alkanes) is 2. The number of aliphatic carboxylic acids is 1. The summed E-state index contributed by atoms with van der Waals surface area (Å²) in [6, 6.07) is -0.823. The number of alkyl carbamates (subject to hydrolysis) is 1. The Kier molecular flexibility index (Phi) is 7.77. The molecule has 1 saturated carbocycles. The average Bonchev–Trinajstić information content (AvgIpc) is 2.45. The first-order valence-corrected chi connectivity index (χ1v) is 7.42. The molecule has 0 saturated heterocycles. The van der Waals surface area contributed by atoms with Crippen molar-refractivity contribution in [3.05, 3.63) is 12.7 Å². The van der Waals surface area contributed by atoms with Crippen LogP contribution >= 0.6 is 0 Å². The van der Waals surface area contributed by atoms with E-state index in [2.05, 4.69) is 11.9 Å². The Balaban J connectivity index is 2.31. The molecule has 0 aromatic heterocycles. The third-order valence-electron chi connectivity index (χ3n) is 3.70. The molecule has 1 amide bonds. The summed E-state index contributed by atoms with van der Waals surface area (Å²) in [6.07, 6.45) is 8.71. The van der Waals surface area contributed by atoms with Crippen LogP contribution in [0.3, 0.4) is 0 Å². The van der Waals surface area contributed by atoms with Gasteiger partial charge in [0.25, 0.3) is 0 Å². The monoisotopic (exact) mass is 283 g/mol. The molecule has 1 fully saturated rings. The van der Waals surface area contributed by atoms with Gasteiger partial charge in [-0.3, -0.25) is 0 Å². The van der Waals surface area contributed by atoms with E-state index in [1.807, 2.05) is 6.08 Å². The fourth-order valence-corrected chi connectivity index (χ4v) is 2.57. The van der Waals surface area contributed by atoms with E-state index < -0.39 is 18.1 Å². The lowest BCUT2D eigenvalue weighted by Gasteiger charge is -2.27. The van der Waals surface area contributed by atoms with E-state index in [1.54, 1.807) is 0 Å². The highest BCUT2D eigenvalue weighted by Gasteiger charge is 2.31. The van der Waals surface area contributed by atoms with Gasteiger partial charge in [-0.2, -0.15) is 0 Å². The van der Waals surface area contributed by atoms with Crippen molar-refractivity contribution in [2.45, 2.75) is 57.4 Å². The molecule has 5 nitrogen and oxygen atoms in total. The molecule has 5 heteroatoms. The SMILES string of the molecule is C=CCCCCOC(=O)N[C@H](C(=O)O)C1CCCCC1. The number of hydrogen-bond donors (Lipinski definition) is 2. The summed E-state index contributed by atoms with van der Waals surface area (Å²) in [5.41, 5.74) is 0. The molecule has 1 rings (SSSR count). The molecule has 0 aromatic rings. The Labute approximate surface area is 120 Å². The number of carbonyl (C=O) groups excluding carboxylic acids is 1. The molecule has 0 aliphatic heterocycles. The number of carbonyl (C=O) groups is 2. The van der Waals surface area contributed by atoms with E-state index >= 15 is 0 Å². The Bertz CT molecular complexity index is 324. The van der Waals surface area contributed by atoms with Crippen molar-refractivity contribution in [1.29, 1.82) is 0 Å². The van der Waals surface area contributed by atoms with Gasteiger partial charge in [0.2, 0.25) is 0 Å². The van der Waals surface area contributed by atoms with E-state index in [1.165, 1.54) is 0 Å². The standard InChI is InChI=1S/C15H25NO4/c1-2-3-4-8-11-20-15(19)16-13(14(17)18)12-9-6-5-7-10-12/h2,12-13H,1,3-11H2,(H,16,19)(H,17,18)/t13-/m0/s1. The second-order valence-electron chi connectivity index (χ2n) is 5.28. The van der Waals surface area contributed by atoms with Crippen molar-refractivity contribution in [2.75, 3.05) is 6.61 Å². The van der Waals surface area contributed by atoms with Gasteiger partial charge >= 0.3 is 12.1 Å². The fraction of sp³-hybridized carbons (Fsp3) is 0.733. The number of hydrogen-bond acceptors (Lipinski definition) is 3. The zero-order chi connectivity index (χ0) is 14.8. The van der Waals surface area contributed by atoms with E-state index in [-0.39, 0.29) is 5.92 Å². The summed E-state index contributed by atoms with van der Waals surface area (Å²) in [7, 11) is 0. The Morgan fingerprint density at radius 1 is 1.30 bits per heavy atom. The molecule has 1 aliphatic carbocycles. The molecule has 1 aliphatic rings. The summed E-state index contributed by atoms with van der Waals surface area (Å²) in [5, 5.41) is 11.7. The second kappa shape index (κ2) is 9.39. The van der Waals surface area contributed by atoms with Gasteiger partial charge in [0.1, 0.15) is 6.04 Å². The van der Waals surface area contributed by atoms with Crippen molar-refractivity contribution < 1.29 is 19.4 Å². The molecular weight excluding hydrogens is 258 g/mol. The minimum Gasteiger partial charge on any atom is -0.480 e. The highest BCUT2D eigenvalue weighted by molar-refractivity contribution is 5.80. The Morgan fingerprint density at radius 3 is 2.60 bits per heavy atom. The smallest absolute Gasteiger partial charge is 0.407 e. The number of rotatable bonds is 8. The Hall–Kier alpha value is -1.52. The van der Waals surface area contributed by atoms with Gasteiger partial charge in [0.05, 0.1) is 6.61 Å². The van der Waals surface area contributed by atoms with Crippen molar-refractivity contribution in [3.8, 4) is 0 Å². The first-order chi connectivity index (χ1) is 9.65. The van der Waals surface area contributed by atoms with Crippen LogP contribution in [0.2, 0.25) is 0 Å². The molecule has 0 bridgehead atoms. The Morgan fingerprint density at radius 2 is 2.00 bits per heavy atom. The van der Waals surface area contributed by atoms with Crippen LogP contribution in [0.4, 0.5) is 4.79 Å². The number of allylic oxidation sites excluding steroid dienone is 1. The maximum atomic E-state index is 11.6. The number of carboxylic acid groups (broad SMARTS) is 1. The van der Waals surface area contributed by atoms with Crippen molar-refractivity contribution in [3.63, 3.8) is 0 Å². The minimum absolute atomic E-state index is 0.0227. The lowest BCUT2D eigenvalue weighted by molar-refractivity contribution is -0.141. The first-order valence-electron chi connectivity index (χ1n) is 7.42. The second-order valence-corrected chi connectivity index (χ2v) is 5.28. The number of carboxylic acids is 1. The van der Waals surface area contributed by atoms with Gasteiger partial charge in [-0.25, -0.2) is 9.59 Å². The zero-order valence-corrected chi connectivity index (χ0v) is 12.0. The third-order valence-corrected chi connectivity index (χ3v) is 3.70. The lowest BCUT2D eigenvalue weighted by atomic mass is 9.84.